The zero-order valence-corrected chi connectivity index (χ0v) is 14.6. The Balaban J connectivity index is 1.51. The first-order chi connectivity index (χ1) is 11.8. The molecule has 1 saturated heterocycles. The summed E-state index contributed by atoms with van der Waals surface area (Å²) in [7, 11) is 0. The van der Waals surface area contributed by atoms with E-state index in [0.29, 0.717) is 11.8 Å². The van der Waals surface area contributed by atoms with E-state index in [-0.39, 0.29) is 6.10 Å². The molecule has 1 fully saturated rings. The molecule has 1 N–H and O–H groups in total. The van der Waals surface area contributed by atoms with Crippen LogP contribution < -0.4 is 5.32 Å². The molecular formula is C17H27N5O2. The van der Waals surface area contributed by atoms with Gasteiger partial charge in [0.05, 0.1) is 5.69 Å². The van der Waals surface area contributed by atoms with Gasteiger partial charge in [0.15, 0.2) is 5.82 Å². The van der Waals surface area contributed by atoms with E-state index in [1.165, 1.54) is 12.1 Å². The summed E-state index contributed by atoms with van der Waals surface area (Å²) >= 11 is 0. The van der Waals surface area contributed by atoms with Crippen molar-refractivity contribution >= 4 is 0 Å². The number of nitrogens with one attached hydrogen (secondary N) is 1. The van der Waals surface area contributed by atoms with Crippen molar-refractivity contribution in [2.45, 2.75) is 52.2 Å². The molecule has 0 saturated carbocycles. The van der Waals surface area contributed by atoms with Gasteiger partial charge in [0, 0.05) is 51.2 Å². The first-order valence-electron chi connectivity index (χ1n) is 8.97. The fourth-order valence-electron chi connectivity index (χ4n) is 3.25. The molecule has 132 valence electrons. The highest BCUT2D eigenvalue weighted by molar-refractivity contribution is 5.07. The second kappa shape index (κ2) is 8.39. The lowest BCUT2D eigenvalue weighted by Crippen LogP contribution is -2.34. The second-order valence-electron chi connectivity index (χ2n) is 6.18. The highest BCUT2D eigenvalue weighted by atomic mass is 16.5. The molecule has 1 aliphatic rings. The molecule has 2 aromatic rings. The van der Waals surface area contributed by atoms with Crippen molar-refractivity contribution in [2.75, 3.05) is 19.7 Å². The van der Waals surface area contributed by atoms with Gasteiger partial charge in [-0.1, -0.05) is 12.1 Å². The quantitative estimate of drug-likeness (QED) is 0.746. The van der Waals surface area contributed by atoms with Crippen LogP contribution in [0.25, 0.3) is 0 Å². The van der Waals surface area contributed by atoms with Gasteiger partial charge in [0.2, 0.25) is 5.89 Å². The third kappa shape index (κ3) is 4.02. The van der Waals surface area contributed by atoms with Crippen molar-refractivity contribution in [3.63, 3.8) is 0 Å². The molecule has 0 bridgehead atoms. The van der Waals surface area contributed by atoms with E-state index in [4.69, 9.17) is 9.26 Å². The Morgan fingerprint density at radius 3 is 3.08 bits per heavy atom. The molecule has 7 nitrogen and oxygen atoms in total. The van der Waals surface area contributed by atoms with Gasteiger partial charge in [-0.2, -0.15) is 10.1 Å². The van der Waals surface area contributed by atoms with Crippen molar-refractivity contribution in [3.8, 4) is 0 Å². The fourth-order valence-corrected chi connectivity index (χ4v) is 3.25. The van der Waals surface area contributed by atoms with Gasteiger partial charge in [0.1, 0.15) is 6.10 Å². The first-order valence-corrected chi connectivity index (χ1v) is 8.97. The van der Waals surface area contributed by atoms with Crippen LogP contribution in [0, 0.1) is 5.92 Å². The van der Waals surface area contributed by atoms with Crippen LogP contribution in [0.5, 0.6) is 0 Å². The number of hydrogen-bond acceptors (Lipinski definition) is 6. The molecule has 3 heterocycles. The van der Waals surface area contributed by atoms with Gasteiger partial charge in [-0.15, -0.1) is 0 Å². The van der Waals surface area contributed by atoms with E-state index in [9.17, 15) is 0 Å². The predicted octanol–water partition coefficient (Wildman–Crippen LogP) is 2.15. The molecule has 24 heavy (non-hydrogen) atoms. The van der Waals surface area contributed by atoms with Gasteiger partial charge < -0.3 is 14.6 Å². The van der Waals surface area contributed by atoms with Crippen molar-refractivity contribution in [1.29, 1.82) is 0 Å². The van der Waals surface area contributed by atoms with Crippen LogP contribution in [0.1, 0.15) is 50.2 Å². The topological polar surface area (TPSA) is 78.0 Å². The van der Waals surface area contributed by atoms with Gasteiger partial charge in [-0.05, 0) is 25.8 Å². The summed E-state index contributed by atoms with van der Waals surface area (Å²) < 4.78 is 13.2. The molecule has 3 rings (SSSR count). The summed E-state index contributed by atoms with van der Waals surface area (Å²) in [5, 5.41) is 11.9. The number of aromatic nitrogens is 4. The SMILES string of the molecule is CCc1nc(CCNC[C@@H]2CCCO[C@H]2c2ccnn2CC)no1. The van der Waals surface area contributed by atoms with E-state index in [1.807, 2.05) is 17.8 Å². The van der Waals surface area contributed by atoms with Crippen LogP contribution in [-0.4, -0.2) is 39.6 Å². The highest BCUT2D eigenvalue weighted by Gasteiger charge is 2.29. The van der Waals surface area contributed by atoms with Crippen LogP contribution in [0.2, 0.25) is 0 Å². The van der Waals surface area contributed by atoms with E-state index in [1.54, 1.807) is 0 Å². The Labute approximate surface area is 142 Å². The molecule has 2 atom stereocenters. The van der Waals surface area contributed by atoms with Crippen molar-refractivity contribution in [3.05, 3.63) is 29.7 Å². The van der Waals surface area contributed by atoms with Crippen LogP contribution in [0.3, 0.4) is 0 Å². The minimum Gasteiger partial charge on any atom is -0.372 e. The van der Waals surface area contributed by atoms with Gasteiger partial charge in [-0.25, -0.2) is 0 Å². The van der Waals surface area contributed by atoms with Gasteiger partial charge in [-0.3, -0.25) is 4.68 Å². The summed E-state index contributed by atoms with van der Waals surface area (Å²) in [5.41, 5.74) is 1.19. The molecule has 1 aliphatic heterocycles. The summed E-state index contributed by atoms with van der Waals surface area (Å²) in [5.74, 6) is 1.95. The van der Waals surface area contributed by atoms with Crippen LogP contribution in [0.15, 0.2) is 16.8 Å². The highest BCUT2D eigenvalue weighted by Crippen LogP contribution is 2.33. The molecule has 0 aliphatic carbocycles. The van der Waals surface area contributed by atoms with Gasteiger partial charge in [0.25, 0.3) is 0 Å². The third-order valence-corrected chi connectivity index (χ3v) is 4.53. The lowest BCUT2D eigenvalue weighted by molar-refractivity contribution is -0.0326. The monoisotopic (exact) mass is 333 g/mol. The molecular weight excluding hydrogens is 306 g/mol. The number of hydrogen-bond donors (Lipinski definition) is 1. The summed E-state index contributed by atoms with van der Waals surface area (Å²) in [6.45, 7) is 7.61. The van der Waals surface area contributed by atoms with E-state index in [2.05, 4.69) is 33.5 Å². The number of aryl methyl sites for hydroxylation is 2. The molecule has 0 aromatic carbocycles. The maximum Gasteiger partial charge on any atom is 0.226 e. The number of nitrogens with zero attached hydrogens (tertiary/aromatic N) is 4. The Kier molecular flexibility index (Phi) is 5.98. The van der Waals surface area contributed by atoms with E-state index < -0.39 is 0 Å². The Morgan fingerprint density at radius 2 is 2.29 bits per heavy atom. The average Bonchev–Trinajstić information content (AvgIpc) is 3.27. The molecule has 0 unspecified atom stereocenters. The third-order valence-electron chi connectivity index (χ3n) is 4.53. The van der Waals surface area contributed by atoms with E-state index in [0.717, 1.165) is 51.3 Å². The molecule has 7 heteroatoms. The molecule has 0 amide bonds. The standard InChI is InChI=1S/C17H27N5O2/c1-3-16-20-15(21-24-16)8-9-18-12-13-6-5-11-23-17(13)14-7-10-19-22(14)4-2/h7,10,13,17-18H,3-6,8-9,11-12H2,1-2H3/t13-,17+/m0/s1. The lowest BCUT2D eigenvalue weighted by atomic mass is 9.92. The minimum atomic E-state index is 0.130. The van der Waals surface area contributed by atoms with E-state index >= 15 is 0 Å². The smallest absolute Gasteiger partial charge is 0.226 e. The van der Waals surface area contributed by atoms with Crippen molar-refractivity contribution in [2.24, 2.45) is 5.92 Å². The molecule has 0 radical (unpaired) electrons. The summed E-state index contributed by atoms with van der Waals surface area (Å²) in [4.78, 5) is 4.34. The Bertz CT molecular complexity index is 624. The second-order valence-corrected chi connectivity index (χ2v) is 6.18. The zero-order valence-electron chi connectivity index (χ0n) is 14.6. The minimum absolute atomic E-state index is 0.130. The number of rotatable bonds is 8. The fraction of sp³-hybridized carbons (Fsp3) is 0.706. The molecule has 2 aromatic heterocycles. The maximum absolute atomic E-state index is 6.07. The van der Waals surface area contributed by atoms with Crippen LogP contribution in [-0.2, 0) is 24.1 Å². The Hall–Kier alpha value is -1.73. The first kappa shape index (κ1) is 17.1. The normalized spacial score (nSPS) is 21.2. The van der Waals surface area contributed by atoms with Crippen LogP contribution >= 0.6 is 0 Å². The van der Waals surface area contributed by atoms with Crippen molar-refractivity contribution in [1.82, 2.24) is 25.2 Å². The lowest BCUT2D eigenvalue weighted by Gasteiger charge is -2.32. The van der Waals surface area contributed by atoms with Crippen LogP contribution in [0.4, 0.5) is 0 Å². The largest absolute Gasteiger partial charge is 0.372 e. The number of ether oxygens (including phenoxy) is 1. The summed E-state index contributed by atoms with van der Waals surface area (Å²) in [6.07, 6.45) is 5.86. The van der Waals surface area contributed by atoms with Gasteiger partial charge >= 0.3 is 0 Å². The average molecular weight is 333 g/mol. The Morgan fingerprint density at radius 1 is 1.38 bits per heavy atom. The molecule has 0 spiro atoms. The van der Waals surface area contributed by atoms with Crippen molar-refractivity contribution < 1.29 is 9.26 Å². The summed E-state index contributed by atoms with van der Waals surface area (Å²) in [6, 6.07) is 2.08. The maximum atomic E-state index is 6.07. The zero-order chi connectivity index (χ0) is 16.8. The predicted molar refractivity (Wildman–Crippen MR) is 89.6 cm³/mol.